The summed E-state index contributed by atoms with van der Waals surface area (Å²) in [7, 11) is 1.63. The maximum atomic E-state index is 14.1. The number of nitrogens with one attached hydrogen (secondary N) is 3. The molecular formula is C39H45N7O4. The van der Waals surface area contributed by atoms with Crippen LogP contribution in [0.3, 0.4) is 0 Å². The topological polar surface area (TPSA) is 134 Å². The number of hydrogen-bond acceptors (Lipinski definition) is 6. The molecule has 1 aliphatic heterocycles. The van der Waals surface area contributed by atoms with Crippen molar-refractivity contribution in [1.29, 1.82) is 0 Å². The summed E-state index contributed by atoms with van der Waals surface area (Å²) < 4.78 is 7.22. The summed E-state index contributed by atoms with van der Waals surface area (Å²) in [6.07, 6.45) is 3.42. The monoisotopic (exact) mass is 675 g/mol. The summed E-state index contributed by atoms with van der Waals surface area (Å²) in [5.74, 6) is 1.54. The van der Waals surface area contributed by atoms with Crippen molar-refractivity contribution in [2.24, 2.45) is 5.92 Å². The molecule has 1 aliphatic rings. The van der Waals surface area contributed by atoms with Gasteiger partial charge in [-0.2, -0.15) is 5.10 Å². The van der Waals surface area contributed by atoms with Crippen LogP contribution in [-0.2, 0) is 22.6 Å². The fourth-order valence-electron chi connectivity index (χ4n) is 6.64. The zero-order chi connectivity index (χ0) is 35.2. The number of aromatic amines is 1. The number of hydrogen-bond donors (Lipinski definition) is 3. The fourth-order valence-corrected chi connectivity index (χ4v) is 6.64. The first-order chi connectivity index (χ1) is 24.2. The van der Waals surface area contributed by atoms with Crippen LogP contribution in [0.5, 0.6) is 5.75 Å². The third kappa shape index (κ3) is 8.05. The van der Waals surface area contributed by atoms with Gasteiger partial charge in [0.1, 0.15) is 23.4 Å². The van der Waals surface area contributed by atoms with E-state index in [4.69, 9.17) is 14.8 Å². The Hall–Kier alpha value is -5.45. The highest BCUT2D eigenvalue weighted by atomic mass is 16.5. The Bertz CT molecular complexity index is 1980. The Morgan fingerprint density at radius 2 is 1.72 bits per heavy atom. The van der Waals surface area contributed by atoms with Crippen molar-refractivity contribution >= 4 is 28.6 Å². The van der Waals surface area contributed by atoms with Crippen molar-refractivity contribution in [2.45, 2.75) is 65.1 Å². The summed E-state index contributed by atoms with van der Waals surface area (Å²) in [5.41, 5.74) is 4.30. The molecule has 0 saturated heterocycles. The number of nitrogens with zero attached hydrogens (tertiary/aromatic N) is 4. The van der Waals surface area contributed by atoms with Gasteiger partial charge in [0.15, 0.2) is 0 Å². The second-order valence-electron chi connectivity index (χ2n) is 13.3. The van der Waals surface area contributed by atoms with Crippen molar-refractivity contribution in [2.75, 3.05) is 20.2 Å². The number of benzene rings is 3. The molecule has 2 atom stereocenters. The Morgan fingerprint density at radius 1 is 0.940 bits per heavy atom. The number of aromatic nitrogens is 4. The lowest BCUT2D eigenvalue weighted by molar-refractivity contribution is -0.129. The molecule has 3 N–H and O–H groups in total. The molecule has 3 amide bonds. The third-order valence-corrected chi connectivity index (χ3v) is 9.11. The highest BCUT2D eigenvalue weighted by Gasteiger charge is 2.29. The molecule has 0 unspecified atom stereocenters. The number of carbonyl (C=O) groups is 3. The Balaban J connectivity index is 1.30. The second-order valence-corrected chi connectivity index (χ2v) is 13.3. The van der Waals surface area contributed by atoms with Gasteiger partial charge in [0.05, 0.1) is 19.7 Å². The van der Waals surface area contributed by atoms with E-state index in [1.807, 2.05) is 90.6 Å². The molecule has 2 aromatic heterocycles. The Kier molecular flexibility index (Phi) is 10.6. The molecule has 0 fully saturated rings. The number of carbonyl (C=O) groups excluding carboxylic acids is 3. The van der Waals surface area contributed by atoms with Crippen LogP contribution in [0.15, 0.2) is 79.0 Å². The van der Waals surface area contributed by atoms with Crippen LogP contribution in [-0.4, -0.2) is 68.6 Å². The summed E-state index contributed by atoms with van der Waals surface area (Å²) in [5, 5.41) is 11.9. The van der Waals surface area contributed by atoms with Crippen molar-refractivity contribution in [3.05, 3.63) is 102 Å². The van der Waals surface area contributed by atoms with Gasteiger partial charge in [0.2, 0.25) is 11.8 Å². The van der Waals surface area contributed by atoms with E-state index in [0.717, 1.165) is 33.3 Å². The maximum absolute atomic E-state index is 14.1. The number of fused-ring (bicyclic) bond motifs is 2. The number of amides is 3. The molecule has 0 radical (unpaired) electrons. The molecule has 260 valence electrons. The van der Waals surface area contributed by atoms with E-state index in [2.05, 4.69) is 29.5 Å². The Morgan fingerprint density at radius 3 is 2.52 bits per heavy atom. The van der Waals surface area contributed by atoms with Crippen molar-refractivity contribution in [3.8, 4) is 16.9 Å². The molecule has 50 heavy (non-hydrogen) atoms. The predicted octanol–water partition coefficient (Wildman–Crippen LogP) is 5.61. The minimum absolute atomic E-state index is 0.134. The van der Waals surface area contributed by atoms with Gasteiger partial charge < -0.3 is 25.3 Å². The first-order valence-electron chi connectivity index (χ1n) is 17.3. The number of rotatable bonds is 7. The summed E-state index contributed by atoms with van der Waals surface area (Å²) in [6, 6.07) is 22.0. The molecule has 0 saturated carbocycles. The van der Waals surface area contributed by atoms with Crippen molar-refractivity contribution in [1.82, 2.24) is 35.3 Å². The van der Waals surface area contributed by atoms with E-state index in [-0.39, 0.29) is 30.1 Å². The fraction of sp³-hybridized carbons (Fsp3) is 0.359. The van der Waals surface area contributed by atoms with E-state index in [0.29, 0.717) is 56.1 Å². The van der Waals surface area contributed by atoms with Crippen LogP contribution in [0.4, 0.5) is 0 Å². The van der Waals surface area contributed by atoms with E-state index in [1.54, 1.807) is 12.0 Å². The molecule has 11 heteroatoms. The van der Waals surface area contributed by atoms with Crippen LogP contribution in [0.25, 0.3) is 22.0 Å². The lowest BCUT2D eigenvalue weighted by atomic mass is 10.0. The smallest absolute Gasteiger partial charge is 0.253 e. The maximum Gasteiger partial charge on any atom is 0.253 e. The van der Waals surface area contributed by atoms with Crippen LogP contribution < -0.4 is 15.4 Å². The summed E-state index contributed by atoms with van der Waals surface area (Å²) in [4.78, 5) is 51.4. The average Bonchev–Trinajstić information content (AvgIpc) is 3.70. The highest BCUT2D eigenvalue weighted by Crippen LogP contribution is 2.26. The molecule has 11 nitrogen and oxygen atoms in total. The average molecular weight is 676 g/mol. The first kappa shape index (κ1) is 34.4. The van der Waals surface area contributed by atoms with Gasteiger partial charge in [-0.05, 0) is 72.7 Å². The largest absolute Gasteiger partial charge is 0.497 e. The van der Waals surface area contributed by atoms with Gasteiger partial charge in [0, 0.05) is 48.6 Å². The zero-order valence-electron chi connectivity index (χ0n) is 29.1. The lowest BCUT2D eigenvalue weighted by Gasteiger charge is -2.27. The van der Waals surface area contributed by atoms with Gasteiger partial charge in [-0.15, -0.1) is 0 Å². The molecule has 0 spiro atoms. The quantitative estimate of drug-likeness (QED) is 0.205. The highest BCUT2D eigenvalue weighted by molar-refractivity contribution is 5.95. The molecule has 0 bridgehead atoms. The summed E-state index contributed by atoms with van der Waals surface area (Å²) >= 11 is 0. The number of ether oxygens (including phenoxy) is 1. The van der Waals surface area contributed by atoms with Crippen LogP contribution in [0, 0.1) is 12.8 Å². The van der Waals surface area contributed by atoms with Crippen LogP contribution in [0.2, 0.25) is 0 Å². The number of para-hydroxylation sites is 1. The van der Waals surface area contributed by atoms with Gasteiger partial charge in [-0.25, -0.2) is 9.67 Å². The van der Waals surface area contributed by atoms with Crippen molar-refractivity contribution in [3.63, 3.8) is 0 Å². The van der Waals surface area contributed by atoms with Gasteiger partial charge in [-0.3, -0.25) is 14.4 Å². The molecule has 3 aromatic carbocycles. The number of H-pyrrole nitrogens is 1. The van der Waals surface area contributed by atoms with Gasteiger partial charge >= 0.3 is 0 Å². The minimum atomic E-state index is -0.811. The van der Waals surface area contributed by atoms with Crippen molar-refractivity contribution < 1.29 is 19.1 Å². The SMILES string of the molecule is COc1cccc(-c2cccc(C(=O)N3CCCC(=O)N[C@H](Cc4c[nH]c5ccccc45)C(=O)N[C@@H](CC(C)C)c4nc(C)nn4CC3)c2)c1. The second kappa shape index (κ2) is 15.4. The lowest BCUT2D eigenvalue weighted by Crippen LogP contribution is -2.49. The normalized spacial score (nSPS) is 17.6. The van der Waals surface area contributed by atoms with Gasteiger partial charge in [-0.1, -0.05) is 56.3 Å². The molecule has 3 heterocycles. The minimum Gasteiger partial charge on any atom is -0.497 e. The first-order valence-corrected chi connectivity index (χ1v) is 17.3. The number of methoxy groups -OCH3 is 1. The van der Waals surface area contributed by atoms with Crippen LogP contribution >= 0.6 is 0 Å². The number of aryl methyl sites for hydroxylation is 1. The third-order valence-electron chi connectivity index (χ3n) is 9.11. The molecule has 5 aromatic rings. The summed E-state index contributed by atoms with van der Waals surface area (Å²) in [6.45, 7) is 7.10. The van der Waals surface area contributed by atoms with Gasteiger partial charge in [0.25, 0.3) is 5.91 Å². The van der Waals surface area contributed by atoms with E-state index < -0.39 is 12.1 Å². The van der Waals surface area contributed by atoms with E-state index in [9.17, 15) is 14.4 Å². The molecule has 6 rings (SSSR count). The van der Waals surface area contributed by atoms with Crippen LogP contribution in [0.1, 0.15) is 66.7 Å². The molecular weight excluding hydrogens is 630 g/mol. The standard InChI is InChI=1S/C39H45N7O4/c1-25(2)20-34-37-41-26(3)44-46(37)19-18-45(39(49)29-12-7-10-27(21-29)28-11-8-13-31(22-28)50-4)17-9-16-36(47)42-35(38(48)43-34)23-30-24-40-33-15-6-5-14-32(30)33/h5-8,10-15,21-22,24-25,34-35,40H,9,16-20,23H2,1-4H3,(H,42,47)(H,43,48)/t34-,35+/m0/s1. The zero-order valence-corrected chi connectivity index (χ0v) is 29.1. The molecule has 0 aliphatic carbocycles. The van der Waals surface area contributed by atoms with E-state index >= 15 is 0 Å². The van der Waals surface area contributed by atoms with E-state index in [1.165, 1.54) is 0 Å². The predicted molar refractivity (Wildman–Crippen MR) is 193 cm³/mol. The Labute approximate surface area is 292 Å².